The summed E-state index contributed by atoms with van der Waals surface area (Å²) in [4.78, 5) is 14.7. The molecular formula is C27H37N5O2. The maximum Gasteiger partial charge on any atom is 0.317 e. The van der Waals surface area contributed by atoms with E-state index in [1.165, 1.54) is 24.1 Å². The molecule has 4 aliphatic rings. The van der Waals surface area contributed by atoms with E-state index in [1.54, 1.807) is 0 Å². The van der Waals surface area contributed by atoms with Gasteiger partial charge in [0.1, 0.15) is 17.0 Å². The topological polar surface area (TPSA) is 71.4 Å². The Bertz CT molecular complexity index is 1090. The highest BCUT2D eigenvalue weighted by Crippen LogP contribution is 2.51. The van der Waals surface area contributed by atoms with Crippen molar-refractivity contribution in [1.29, 1.82) is 0 Å². The van der Waals surface area contributed by atoms with Crippen molar-refractivity contribution < 1.29 is 9.53 Å². The van der Waals surface area contributed by atoms with E-state index in [2.05, 4.69) is 54.3 Å². The number of carbonyl (C=O) groups is 1. The molecule has 1 aromatic heterocycles. The molecule has 1 aromatic carbocycles. The number of likely N-dealkylation sites (tertiary alicyclic amines) is 1. The third-order valence-electron chi connectivity index (χ3n) is 8.32. The van der Waals surface area contributed by atoms with Crippen LogP contribution in [0.25, 0.3) is 11.3 Å². The van der Waals surface area contributed by atoms with Crippen LogP contribution in [0.3, 0.4) is 0 Å². The van der Waals surface area contributed by atoms with Gasteiger partial charge in [-0.1, -0.05) is 12.1 Å². The van der Waals surface area contributed by atoms with Crippen LogP contribution in [-0.2, 0) is 5.60 Å². The van der Waals surface area contributed by atoms with E-state index in [1.807, 2.05) is 11.0 Å². The molecule has 1 atom stereocenters. The molecule has 4 heterocycles. The third kappa shape index (κ3) is 3.78. The normalized spacial score (nSPS) is 24.8. The van der Waals surface area contributed by atoms with Gasteiger partial charge in [-0.2, -0.15) is 5.10 Å². The van der Waals surface area contributed by atoms with Gasteiger partial charge in [0.25, 0.3) is 0 Å². The van der Waals surface area contributed by atoms with Crippen LogP contribution in [0, 0.1) is 12.8 Å². The zero-order valence-electron chi connectivity index (χ0n) is 20.7. The lowest BCUT2D eigenvalue weighted by Gasteiger charge is -2.44. The Balaban J connectivity index is 1.32. The smallest absolute Gasteiger partial charge is 0.317 e. The predicted octanol–water partition coefficient (Wildman–Crippen LogP) is 4.36. The molecule has 34 heavy (non-hydrogen) atoms. The Morgan fingerprint density at radius 2 is 1.97 bits per heavy atom. The van der Waals surface area contributed by atoms with Gasteiger partial charge in [-0.25, -0.2) is 4.79 Å². The summed E-state index contributed by atoms with van der Waals surface area (Å²) in [6.45, 7) is 9.99. The summed E-state index contributed by atoms with van der Waals surface area (Å²) in [5.74, 6) is 1.60. The van der Waals surface area contributed by atoms with Gasteiger partial charge in [0, 0.05) is 54.8 Å². The second-order valence-electron chi connectivity index (χ2n) is 11.4. The molecule has 3 aliphatic heterocycles. The fourth-order valence-electron chi connectivity index (χ4n) is 6.26. The van der Waals surface area contributed by atoms with Crippen molar-refractivity contribution in [1.82, 2.24) is 25.3 Å². The van der Waals surface area contributed by atoms with Crippen LogP contribution in [0.1, 0.15) is 69.7 Å². The minimum Gasteiger partial charge on any atom is -0.482 e. The summed E-state index contributed by atoms with van der Waals surface area (Å²) in [6.07, 6.45) is 6.20. The number of hydrogen-bond donors (Lipinski definition) is 2. The Kier molecular flexibility index (Phi) is 5.17. The number of nitrogens with zero attached hydrogens (tertiary/aromatic N) is 3. The number of piperidine rings is 2. The van der Waals surface area contributed by atoms with Gasteiger partial charge in [-0.15, -0.1) is 0 Å². The molecule has 3 fully saturated rings. The molecule has 1 saturated carbocycles. The third-order valence-corrected chi connectivity index (χ3v) is 8.32. The fraction of sp³-hybridized carbons (Fsp3) is 0.630. The number of para-hydroxylation sites is 1. The average molecular weight is 464 g/mol. The van der Waals surface area contributed by atoms with Crippen LogP contribution in [0.5, 0.6) is 5.75 Å². The summed E-state index contributed by atoms with van der Waals surface area (Å²) < 4.78 is 9.11. The number of nitrogens with one attached hydrogen (secondary N) is 2. The van der Waals surface area contributed by atoms with Crippen molar-refractivity contribution in [2.24, 2.45) is 5.92 Å². The van der Waals surface area contributed by atoms with Gasteiger partial charge in [0.05, 0.1) is 6.04 Å². The number of carbonyl (C=O) groups excluding carboxylic acids is 1. The molecule has 7 nitrogen and oxygen atoms in total. The van der Waals surface area contributed by atoms with Gasteiger partial charge >= 0.3 is 6.03 Å². The Morgan fingerprint density at radius 1 is 1.21 bits per heavy atom. The van der Waals surface area contributed by atoms with Crippen molar-refractivity contribution >= 4 is 6.03 Å². The SMILES string of the molecule is Cc1c2c(nn1[C@@H]1CCNC(C)(C)C1)-c1ccccc1OC21CCN(C(=O)NCC2CC2)CC1. The predicted molar refractivity (Wildman–Crippen MR) is 132 cm³/mol. The van der Waals surface area contributed by atoms with Gasteiger partial charge in [-0.3, -0.25) is 4.68 Å². The Labute approximate surface area is 202 Å². The summed E-state index contributed by atoms with van der Waals surface area (Å²) in [5.41, 5.74) is 4.29. The number of amides is 2. The van der Waals surface area contributed by atoms with Crippen LogP contribution in [0.2, 0.25) is 0 Å². The zero-order valence-corrected chi connectivity index (χ0v) is 20.7. The molecule has 0 bridgehead atoms. The lowest BCUT2D eigenvalue weighted by molar-refractivity contribution is 0.00447. The quantitative estimate of drug-likeness (QED) is 0.709. The monoisotopic (exact) mass is 463 g/mol. The molecule has 6 rings (SSSR count). The number of ether oxygens (including phenoxy) is 1. The van der Waals surface area contributed by atoms with Crippen LogP contribution in [0.15, 0.2) is 24.3 Å². The minimum atomic E-state index is -0.429. The first-order valence-corrected chi connectivity index (χ1v) is 13.0. The first kappa shape index (κ1) is 22.0. The second kappa shape index (κ2) is 8.01. The van der Waals surface area contributed by atoms with Gasteiger partial charge in [0.2, 0.25) is 0 Å². The van der Waals surface area contributed by atoms with E-state index in [9.17, 15) is 4.79 Å². The van der Waals surface area contributed by atoms with Crippen molar-refractivity contribution in [2.75, 3.05) is 26.2 Å². The molecule has 2 aromatic rings. The maximum absolute atomic E-state index is 12.7. The lowest BCUT2D eigenvalue weighted by atomic mass is 9.79. The van der Waals surface area contributed by atoms with E-state index < -0.39 is 5.60 Å². The van der Waals surface area contributed by atoms with E-state index in [4.69, 9.17) is 9.84 Å². The maximum atomic E-state index is 12.7. The number of aromatic nitrogens is 2. The molecular weight excluding hydrogens is 426 g/mol. The molecule has 7 heteroatoms. The Morgan fingerprint density at radius 3 is 2.71 bits per heavy atom. The first-order chi connectivity index (χ1) is 16.4. The minimum absolute atomic E-state index is 0.0718. The van der Waals surface area contributed by atoms with E-state index in [0.29, 0.717) is 25.0 Å². The van der Waals surface area contributed by atoms with E-state index >= 15 is 0 Å². The van der Waals surface area contributed by atoms with Crippen LogP contribution < -0.4 is 15.4 Å². The summed E-state index contributed by atoms with van der Waals surface area (Å²) in [6, 6.07) is 8.75. The first-order valence-electron chi connectivity index (χ1n) is 13.0. The van der Waals surface area contributed by atoms with Crippen LogP contribution >= 0.6 is 0 Å². The summed E-state index contributed by atoms with van der Waals surface area (Å²) in [5, 5.41) is 12.0. The molecule has 0 unspecified atom stereocenters. The van der Waals surface area contributed by atoms with Crippen LogP contribution in [0.4, 0.5) is 4.79 Å². The van der Waals surface area contributed by atoms with Crippen LogP contribution in [-0.4, -0.2) is 52.4 Å². The zero-order chi connectivity index (χ0) is 23.5. The number of fused-ring (bicyclic) bond motifs is 4. The number of benzene rings is 1. The highest BCUT2D eigenvalue weighted by molar-refractivity contribution is 5.76. The van der Waals surface area contributed by atoms with E-state index in [-0.39, 0.29) is 11.6 Å². The van der Waals surface area contributed by atoms with E-state index in [0.717, 1.165) is 55.8 Å². The van der Waals surface area contributed by atoms with Crippen molar-refractivity contribution in [3.63, 3.8) is 0 Å². The molecule has 182 valence electrons. The second-order valence-corrected chi connectivity index (χ2v) is 11.4. The highest BCUT2D eigenvalue weighted by Gasteiger charge is 2.48. The molecule has 0 radical (unpaired) electrons. The number of urea groups is 1. The summed E-state index contributed by atoms with van der Waals surface area (Å²) >= 11 is 0. The Hall–Kier alpha value is -2.54. The van der Waals surface area contributed by atoms with Gasteiger partial charge < -0.3 is 20.3 Å². The average Bonchev–Trinajstić information content (AvgIpc) is 3.58. The van der Waals surface area contributed by atoms with Gasteiger partial charge in [0.15, 0.2) is 0 Å². The lowest BCUT2D eigenvalue weighted by Crippen LogP contribution is -2.51. The summed E-state index contributed by atoms with van der Waals surface area (Å²) in [7, 11) is 0. The number of rotatable bonds is 3. The molecule has 2 saturated heterocycles. The van der Waals surface area contributed by atoms with Crippen molar-refractivity contribution in [2.45, 2.75) is 76.5 Å². The highest BCUT2D eigenvalue weighted by atomic mass is 16.5. The standard InChI is InChI=1S/C27H37N5O2/c1-18-23-24(30-32(18)20-10-13-29-26(2,3)16-20)21-6-4-5-7-22(21)34-27(23)11-14-31(15-12-27)25(33)28-17-19-8-9-19/h4-7,19-20,29H,8-17H2,1-3H3,(H,28,33)/t20-/m1/s1. The van der Waals surface area contributed by atoms with Gasteiger partial charge in [-0.05, 0) is 71.0 Å². The fourth-order valence-corrected chi connectivity index (χ4v) is 6.26. The number of hydrogen-bond acceptors (Lipinski definition) is 4. The molecule has 1 aliphatic carbocycles. The largest absolute Gasteiger partial charge is 0.482 e. The molecule has 2 amide bonds. The van der Waals surface area contributed by atoms with Crippen molar-refractivity contribution in [3.05, 3.63) is 35.5 Å². The molecule has 1 spiro atoms. The molecule has 2 N–H and O–H groups in total. The van der Waals surface area contributed by atoms with Crippen molar-refractivity contribution in [3.8, 4) is 17.0 Å².